The molecule has 3 rings (SSSR count). The van der Waals surface area contributed by atoms with Gasteiger partial charge in [-0.25, -0.2) is 13.2 Å². The number of benzene rings is 2. The van der Waals surface area contributed by atoms with E-state index in [1.165, 1.54) is 6.07 Å². The largest absolute Gasteiger partial charge is 0.480 e. The van der Waals surface area contributed by atoms with Gasteiger partial charge in [0.25, 0.3) is 0 Å². The Morgan fingerprint density at radius 1 is 1.05 bits per heavy atom. The maximum Gasteiger partial charge on any atom is 0.329 e. The molecule has 0 spiro atoms. The third-order valence-corrected chi connectivity index (χ3v) is 5.17. The molecule has 0 fully saturated rings. The minimum absolute atomic E-state index is 0.0309. The van der Waals surface area contributed by atoms with Gasteiger partial charge in [0.05, 0.1) is 4.90 Å². The molecule has 0 saturated heterocycles. The van der Waals surface area contributed by atoms with Crippen LogP contribution >= 0.6 is 0 Å². The van der Waals surface area contributed by atoms with Crippen LogP contribution in [0.25, 0.3) is 0 Å². The van der Waals surface area contributed by atoms with Gasteiger partial charge in [-0.05, 0) is 11.6 Å². The molecule has 1 aliphatic rings. The lowest BCUT2D eigenvalue weighted by Crippen LogP contribution is -2.48. The van der Waals surface area contributed by atoms with Crippen molar-refractivity contribution in [2.75, 3.05) is 0 Å². The minimum atomic E-state index is -3.81. The Kier molecular flexibility index (Phi) is 3.07. The number of hydrogen-bond donors (Lipinski definition) is 2. The molecule has 0 unspecified atom stereocenters. The van der Waals surface area contributed by atoms with Crippen LogP contribution in [0.2, 0.25) is 0 Å². The highest BCUT2D eigenvalue weighted by molar-refractivity contribution is 7.90. The van der Waals surface area contributed by atoms with Gasteiger partial charge >= 0.3 is 5.97 Å². The van der Waals surface area contributed by atoms with Crippen LogP contribution in [0, 0.1) is 0 Å². The van der Waals surface area contributed by atoms with Crippen molar-refractivity contribution < 1.29 is 18.3 Å². The predicted molar refractivity (Wildman–Crippen MR) is 76.2 cm³/mol. The average Bonchev–Trinajstić information content (AvgIpc) is 2.70. The van der Waals surface area contributed by atoms with Gasteiger partial charge in [0.2, 0.25) is 10.0 Å². The average molecular weight is 303 g/mol. The Balaban J connectivity index is 2.19. The molecule has 6 heteroatoms. The summed E-state index contributed by atoms with van der Waals surface area (Å²) in [5, 5.41) is 9.68. The van der Waals surface area contributed by atoms with E-state index in [0.717, 1.165) is 5.56 Å². The minimum Gasteiger partial charge on any atom is -0.480 e. The van der Waals surface area contributed by atoms with Gasteiger partial charge in [0.15, 0.2) is 5.54 Å². The number of hydrogen-bond acceptors (Lipinski definition) is 3. The van der Waals surface area contributed by atoms with E-state index in [0.29, 0.717) is 0 Å². The van der Waals surface area contributed by atoms with Gasteiger partial charge in [0.1, 0.15) is 0 Å². The smallest absolute Gasteiger partial charge is 0.329 e. The molecule has 0 amide bonds. The van der Waals surface area contributed by atoms with E-state index in [4.69, 9.17) is 0 Å². The molecule has 0 aliphatic carbocycles. The van der Waals surface area contributed by atoms with Crippen LogP contribution in [0.5, 0.6) is 0 Å². The molecule has 108 valence electrons. The Morgan fingerprint density at radius 2 is 1.67 bits per heavy atom. The first-order valence-corrected chi connectivity index (χ1v) is 7.85. The third-order valence-electron chi connectivity index (χ3n) is 3.62. The number of sulfonamides is 1. The van der Waals surface area contributed by atoms with Crippen LogP contribution in [0.1, 0.15) is 11.1 Å². The van der Waals surface area contributed by atoms with E-state index >= 15 is 0 Å². The van der Waals surface area contributed by atoms with E-state index in [9.17, 15) is 18.3 Å². The lowest BCUT2D eigenvalue weighted by molar-refractivity contribution is -0.144. The summed E-state index contributed by atoms with van der Waals surface area (Å²) in [6.07, 6.45) is 0.0550. The number of rotatable bonds is 3. The molecular formula is C15H13NO4S. The highest BCUT2D eigenvalue weighted by Gasteiger charge is 2.52. The Bertz CT molecular complexity index is 801. The van der Waals surface area contributed by atoms with Crippen LogP contribution in [0.3, 0.4) is 0 Å². The lowest BCUT2D eigenvalue weighted by Gasteiger charge is -2.24. The quantitative estimate of drug-likeness (QED) is 0.900. The van der Waals surface area contributed by atoms with Gasteiger partial charge in [0, 0.05) is 12.0 Å². The molecule has 1 heterocycles. The van der Waals surface area contributed by atoms with E-state index < -0.39 is 21.5 Å². The Labute approximate surface area is 122 Å². The molecule has 5 nitrogen and oxygen atoms in total. The molecule has 2 N–H and O–H groups in total. The highest BCUT2D eigenvalue weighted by atomic mass is 32.2. The van der Waals surface area contributed by atoms with Crippen molar-refractivity contribution in [1.29, 1.82) is 0 Å². The van der Waals surface area contributed by atoms with Gasteiger partial charge in [-0.1, -0.05) is 48.5 Å². The van der Waals surface area contributed by atoms with E-state index in [1.54, 1.807) is 42.5 Å². The molecule has 0 radical (unpaired) electrons. The number of aliphatic carboxylic acids is 1. The summed E-state index contributed by atoms with van der Waals surface area (Å²) in [4.78, 5) is 11.9. The molecule has 0 bridgehead atoms. The number of nitrogens with one attached hydrogen (secondary N) is 1. The SMILES string of the molecule is O=C(O)[C@]1(Cc2ccccc2)NS(=O)(=O)c2ccccc21. The van der Waals surface area contributed by atoms with Crippen LogP contribution in [-0.2, 0) is 26.8 Å². The Hall–Kier alpha value is -2.18. The van der Waals surface area contributed by atoms with Crippen molar-refractivity contribution >= 4 is 16.0 Å². The first-order chi connectivity index (χ1) is 9.96. The standard InChI is InChI=1S/C15H13NO4S/c17-14(18)15(10-11-6-2-1-3-7-11)12-8-4-5-9-13(12)21(19,20)16-15/h1-9,16H,10H2,(H,17,18)/t15-/m1/s1. The zero-order valence-corrected chi connectivity index (χ0v) is 11.8. The molecular weight excluding hydrogens is 290 g/mol. The van der Waals surface area contributed by atoms with Crippen molar-refractivity contribution in [2.24, 2.45) is 0 Å². The maximum atomic E-state index is 12.2. The molecule has 21 heavy (non-hydrogen) atoms. The number of carboxylic acid groups (broad SMARTS) is 1. The molecule has 2 aromatic rings. The van der Waals surface area contributed by atoms with Crippen molar-refractivity contribution in [3.8, 4) is 0 Å². The summed E-state index contributed by atoms with van der Waals surface area (Å²) >= 11 is 0. The van der Waals surface area contributed by atoms with Gasteiger partial charge in [-0.2, -0.15) is 4.72 Å². The van der Waals surface area contributed by atoms with Crippen LogP contribution in [0.15, 0.2) is 59.5 Å². The molecule has 2 aromatic carbocycles. The van der Waals surface area contributed by atoms with Crippen molar-refractivity contribution in [3.63, 3.8) is 0 Å². The summed E-state index contributed by atoms with van der Waals surface area (Å²) in [6, 6.07) is 15.2. The van der Waals surface area contributed by atoms with E-state index in [-0.39, 0.29) is 16.9 Å². The normalized spacial score (nSPS) is 22.7. The lowest BCUT2D eigenvalue weighted by atomic mass is 9.85. The van der Waals surface area contributed by atoms with Gasteiger partial charge in [-0.3, -0.25) is 0 Å². The first kappa shape index (κ1) is 13.8. The second-order valence-electron chi connectivity index (χ2n) is 4.97. The summed E-state index contributed by atoms with van der Waals surface area (Å²) in [7, 11) is -3.81. The Morgan fingerprint density at radius 3 is 2.33 bits per heavy atom. The predicted octanol–water partition coefficient (Wildman–Crippen LogP) is 1.50. The fraction of sp³-hybridized carbons (Fsp3) is 0.133. The highest BCUT2D eigenvalue weighted by Crippen LogP contribution is 2.38. The summed E-state index contributed by atoms with van der Waals surface area (Å²) in [5.74, 6) is -1.21. The van der Waals surface area contributed by atoms with Crippen molar-refractivity contribution in [2.45, 2.75) is 16.9 Å². The number of fused-ring (bicyclic) bond motifs is 1. The molecule has 1 aliphatic heterocycles. The van der Waals surface area contributed by atoms with E-state index in [2.05, 4.69) is 4.72 Å². The number of carbonyl (C=O) groups is 1. The third kappa shape index (κ3) is 2.12. The molecule has 0 aromatic heterocycles. The molecule has 0 saturated carbocycles. The fourth-order valence-electron chi connectivity index (χ4n) is 2.66. The maximum absolute atomic E-state index is 12.2. The van der Waals surface area contributed by atoms with E-state index in [1.807, 2.05) is 6.07 Å². The van der Waals surface area contributed by atoms with Crippen molar-refractivity contribution in [3.05, 3.63) is 65.7 Å². The first-order valence-electron chi connectivity index (χ1n) is 6.36. The van der Waals surface area contributed by atoms with Gasteiger partial charge in [-0.15, -0.1) is 0 Å². The molecule has 1 atom stereocenters. The van der Waals surface area contributed by atoms with Crippen LogP contribution < -0.4 is 4.72 Å². The van der Waals surface area contributed by atoms with Crippen molar-refractivity contribution in [1.82, 2.24) is 4.72 Å². The van der Waals surface area contributed by atoms with Crippen LogP contribution in [-0.4, -0.2) is 19.5 Å². The van der Waals surface area contributed by atoms with Gasteiger partial charge < -0.3 is 5.11 Å². The summed E-state index contributed by atoms with van der Waals surface area (Å²) < 4.78 is 26.7. The second kappa shape index (κ2) is 4.68. The number of carboxylic acids is 1. The zero-order chi connectivity index (χ0) is 15.1. The fourth-order valence-corrected chi connectivity index (χ4v) is 4.29. The summed E-state index contributed by atoms with van der Waals surface area (Å²) in [6.45, 7) is 0. The van der Waals surface area contributed by atoms with Crippen LogP contribution in [0.4, 0.5) is 0 Å². The topological polar surface area (TPSA) is 83.5 Å². The zero-order valence-electron chi connectivity index (χ0n) is 11.0. The summed E-state index contributed by atoms with van der Waals surface area (Å²) in [5.41, 5.74) is -0.628. The monoisotopic (exact) mass is 303 g/mol. The second-order valence-corrected chi connectivity index (χ2v) is 6.63.